The second kappa shape index (κ2) is 9.23. The molecule has 5 nitrogen and oxygen atoms in total. The minimum absolute atomic E-state index is 0.518. The van der Waals surface area contributed by atoms with Crippen LogP contribution < -0.4 is 10.6 Å². The molecule has 1 atom stereocenters. The predicted molar refractivity (Wildman–Crippen MR) is 99.5 cm³/mol. The Labute approximate surface area is 144 Å². The van der Waals surface area contributed by atoms with Crippen LogP contribution in [0.2, 0.25) is 0 Å². The molecule has 1 aromatic rings. The molecule has 0 amide bonds. The van der Waals surface area contributed by atoms with Crippen LogP contribution in [0.1, 0.15) is 50.2 Å². The van der Waals surface area contributed by atoms with Gasteiger partial charge in [-0.3, -0.25) is 9.89 Å². The first-order valence-corrected chi connectivity index (χ1v) is 9.64. The van der Waals surface area contributed by atoms with E-state index in [0.717, 1.165) is 32.0 Å². The van der Waals surface area contributed by atoms with Crippen molar-refractivity contribution in [3.8, 4) is 0 Å². The van der Waals surface area contributed by atoms with Gasteiger partial charge < -0.3 is 10.6 Å². The molecule has 0 bridgehead atoms. The van der Waals surface area contributed by atoms with Crippen molar-refractivity contribution in [3.63, 3.8) is 0 Å². The van der Waals surface area contributed by atoms with Gasteiger partial charge in [-0.2, -0.15) is 0 Å². The van der Waals surface area contributed by atoms with Crippen LogP contribution in [0.5, 0.6) is 0 Å². The Bertz CT molecular complexity index is 497. The van der Waals surface area contributed by atoms with Gasteiger partial charge in [0.2, 0.25) is 0 Å². The number of nitrogens with one attached hydrogen (secondary N) is 2. The van der Waals surface area contributed by atoms with Gasteiger partial charge in [0.25, 0.3) is 0 Å². The summed E-state index contributed by atoms with van der Waals surface area (Å²) in [6.07, 6.45) is 3.54. The lowest BCUT2D eigenvalue weighted by molar-refractivity contribution is 0.267. The molecule has 2 heterocycles. The van der Waals surface area contributed by atoms with Gasteiger partial charge in [-0.05, 0) is 25.9 Å². The van der Waals surface area contributed by atoms with E-state index in [1.165, 1.54) is 30.1 Å². The first-order chi connectivity index (χ1) is 11.1. The molecule has 1 aliphatic rings. The molecule has 1 unspecified atom stereocenters. The van der Waals surface area contributed by atoms with Crippen LogP contribution in [0.25, 0.3) is 0 Å². The number of hydrogen-bond donors (Lipinski definition) is 2. The van der Waals surface area contributed by atoms with E-state index in [4.69, 9.17) is 0 Å². The highest BCUT2D eigenvalue weighted by atomic mass is 32.1. The fourth-order valence-electron chi connectivity index (χ4n) is 2.99. The minimum atomic E-state index is 0.518. The summed E-state index contributed by atoms with van der Waals surface area (Å²) in [6.45, 7) is 10.8. The Kier molecular flexibility index (Phi) is 7.30. The highest BCUT2D eigenvalue weighted by molar-refractivity contribution is 7.09. The first-order valence-electron chi connectivity index (χ1n) is 8.76. The van der Waals surface area contributed by atoms with E-state index in [1.807, 2.05) is 7.05 Å². The summed E-state index contributed by atoms with van der Waals surface area (Å²) in [5.41, 5.74) is 1.18. The number of nitrogens with zero attached hydrogens (tertiary/aromatic N) is 3. The first kappa shape index (κ1) is 18.2. The van der Waals surface area contributed by atoms with E-state index >= 15 is 0 Å². The zero-order chi connectivity index (χ0) is 16.7. The van der Waals surface area contributed by atoms with E-state index < -0.39 is 0 Å². The molecule has 23 heavy (non-hydrogen) atoms. The van der Waals surface area contributed by atoms with Crippen molar-refractivity contribution in [3.05, 3.63) is 16.1 Å². The summed E-state index contributed by atoms with van der Waals surface area (Å²) < 4.78 is 0. The van der Waals surface area contributed by atoms with Gasteiger partial charge in [0.1, 0.15) is 0 Å². The SMILES string of the molecule is CCN1CCCC1CNC(=NC)NCCc1csc(C(C)C)n1. The van der Waals surface area contributed by atoms with Crippen LogP contribution in [0.15, 0.2) is 10.4 Å². The predicted octanol–water partition coefficient (Wildman–Crippen LogP) is 2.46. The van der Waals surface area contributed by atoms with Crippen LogP contribution in [0.3, 0.4) is 0 Å². The van der Waals surface area contributed by atoms with Gasteiger partial charge >= 0.3 is 0 Å². The van der Waals surface area contributed by atoms with Gasteiger partial charge in [0, 0.05) is 43.9 Å². The highest BCUT2D eigenvalue weighted by Gasteiger charge is 2.22. The van der Waals surface area contributed by atoms with Crippen LogP contribution in [-0.2, 0) is 6.42 Å². The zero-order valence-corrected chi connectivity index (χ0v) is 15.7. The van der Waals surface area contributed by atoms with Crippen molar-refractivity contribution < 1.29 is 0 Å². The molecule has 1 aromatic heterocycles. The quantitative estimate of drug-likeness (QED) is 0.593. The number of likely N-dealkylation sites (tertiary alicyclic amines) is 1. The molecule has 0 radical (unpaired) electrons. The fourth-order valence-corrected chi connectivity index (χ4v) is 3.86. The van der Waals surface area contributed by atoms with Gasteiger partial charge in [-0.1, -0.05) is 20.8 Å². The van der Waals surface area contributed by atoms with Crippen molar-refractivity contribution in [2.24, 2.45) is 4.99 Å². The van der Waals surface area contributed by atoms with Crippen molar-refractivity contribution in [1.29, 1.82) is 0 Å². The lowest BCUT2D eigenvalue weighted by Crippen LogP contribution is -2.45. The number of guanidine groups is 1. The maximum Gasteiger partial charge on any atom is 0.191 e. The van der Waals surface area contributed by atoms with Crippen molar-refractivity contribution in [1.82, 2.24) is 20.5 Å². The molecule has 0 aromatic carbocycles. The summed E-state index contributed by atoms with van der Waals surface area (Å²) in [6, 6.07) is 0.644. The van der Waals surface area contributed by atoms with Gasteiger partial charge in [0.05, 0.1) is 10.7 Å². The summed E-state index contributed by atoms with van der Waals surface area (Å²) in [5, 5.41) is 10.3. The van der Waals surface area contributed by atoms with E-state index in [2.05, 4.69) is 51.7 Å². The minimum Gasteiger partial charge on any atom is -0.356 e. The van der Waals surface area contributed by atoms with Crippen molar-refractivity contribution >= 4 is 17.3 Å². The van der Waals surface area contributed by atoms with Gasteiger partial charge in [-0.15, -0.1) is 11.3 Å². The fraction of sp³-hybridized carbons (Fsp3) is 0.765. The number of aromatic nitrogens is 1. The van der Waals surface area contributed by atoms with Gasteiger partial charge in [-0.25, -0.2) is 4.98 Å². The second-order valence-electron chi connectivity index (χ2n) is 6.39. The average Bonchev–Trinajstić information content (AvgIpc) is 3.19. The Morgan fingerprint density at radius 2 is 2.30 bits per heavy atom. The van der Waals surface area contributed by atoms with E-state index in [-0.39, 0.29) is 0 Å². The topological polar surface area (TPSA) is 52.5 Å². The van der Waals surface area contributed by atoms with Gasteiger partial charge in [0.15, 0.2) is 5.96 Å². The van der Waals surface area contributed by atoms with Crippen LogP contribution in [-0.4, -0.2) is 55.1 Å². The lowest BCUT2D eigenvalue weighted by atomic mass is 10.2. The Hall–Kier alpha value is -1.14. The summed E-state index contributed by atoms with van der Waals surface area (Å²) in [4.78, 5) is 11.5. The summed E-state index contributed by atoms with van der Waals surface area (Å²) >= 11 is 1.76. The molecule has 0 spiro atoms. The standard InChI is InChI=1S/C17H31N5S/c1-5-22-10-6-7-15(22)11-20-17(18-4)19-9-8-14-12-23-16(21-14)13(2)3/h12-13,15H,5-11H2,1-4H3,(H2,18,19,20). The molecule has 1 aliphatic heterocycles. The van der Waals surface area contributed by atoms with Crippen LogP contribution in [0, 0.1) is 0 Å². The molecule has 1 saturated heterocycles. The smallest absolute Gasteiger partial charge is 0.191 e. The number of likely N-dealkylation sites (N-methyl/N-ethyl adjacent to an activating group) is 1. The van der Waals surface area contributed by atoms with Crippen LogP contribution in [0.4, 0.5) is 0 Å². The van der Waals surface area contributed by atoms with Crippen molar-refractivity contribution in [2.75, 3.05) is 33.2 Å². The molecule has 0 aliphatic carbocycles. The maximum absolute atomic E-state index is 4.67. The summed E-state index contributed by atoms with van der Waals surface area (Å²) in [7, 11) is 1.83. The number of hydrogen-bond acceptors (Lipinski definition) is 4. The third-order valence-corrected chi connectivity index (χ3v) is 5.57. The van der Waals surface area contributed by atoms with E-state index in [0.29, 0.717) is 12.0 Å². The molecule has 2 N–H and O–H groups in total. The monoisotopic (exact) mass is 337 g/mol. The lowest BCUT2D eigenvalue weighted by Gasteiger charge is -2.23. The largest absolute Gasteiger partial charge is 0.356 e. The molecule has 1 fully saturated rings. The highest BCUT2D eigenvalue weighted by Crippen LogP contribution is 2.19. The second-order valence-corrected chi connectivity index (χ2v) is 7.28. The normalized spacial score (nSPS) is 19.5. The van der Waals surface area contributed by atoms with Crippen molar-refractivity contribution in [2.45, 2.75) is 52.0 Å². The number of rotatable bonds is 7. The molecule has 6 heteroatoms. The third-order valence-electron chi connectivity index (χ3n) is 4.37. The Morgan fingerprint density at radius 1 is 1.48 bits per heavy atom. The summed E-state index contributed by atoms with van der Waals surface area (Å²) in [5.74, 6) is 1.41. The van der Waals surface area contributed by atoms with Crippen LogP contribution >= 0.6 is 11.3 Å². The van der Waals surface area contributed by atoms with E-state index in [9.17, 15) is 0 Å². The molecule has 2 rings (SSSR count). The molecular formula is C17H31N5S. The van der Waals surface area contributed by atoms with E-state index in [1.54, 1.807) is 11.3 Å². The molecule has 0 saturated carbocycles. The number of aliphatic imine (C=N–C) groups is 1. The Morgan fingerprint density at radius 3 is 2.96 bits per heavy atom. The maximum atomic E-state index is 4.67. The average molecular weight is 338 g/mol. The Balaban J connectivity index is 1.70. The third kappa shape index (κ3) is 5.46. The zero-order valence-electron chi connectivity index (χ0n) is 14.9. The molecule has 130 valence electrons. The molecular weight excluding hydrogens is 306 g/mol. The number of thiazole rings is 1.